The largest absolute Gasteiger partial charge is 0.496 e. The molecule has 0 radical (unpaired) electrons. The van der Waals surface area contributed by atoms with Gasteiger partial charge in [-0.15, -0.1) is 0 Å². The zero-order chi connectivity index (χ0) is 13.2. The van der Waals surface area contributed by atoms with Crippen molar-refractivity contribution in [1.82, 2.24) is 0 Å². The molecule has 0 aromatic heterocycles. The minimum Gasteiger partial charge on any atom is -0.496 e. The molecule has 1 aromatic rings. The van der Waals surface area contributed by atoms with Crippen LogP contribution in [0, 0.1) is 13.8 Å². The second-order valence-corrected chi connectivity index (χ2v) is 3.56. The Morgan fingerprint density at radius 2 is 1.76 bits per heavy atom. The maximum Gasteiger partial charge on any atom is 0.377 e. The van der Waals surface area contributed by atoms with Gasteiger partial charge in [-0.05, 0) is 25.5 Å². The van der Waals surface area contributed by atoms with Gasteiger partial charge in [0.05, 0.1) is 19.8 Å². The average molecular weight is 238 g/mol. The van der Waals surface area contributed by atoms with Gasteiger partial charge in [0.2, 0.25) is 0 Å². The minimum absolute atomic E-state index is 0.0388. The second-order valence-electron chi connectivity index (χ2n) is 3.56. The van der Waals surface area contributed by atoms with Crippen LogP contribution in [0.25, 0.3) is 0 Å². The lowest BCUT2D eigenvalue weighted by Gasteiger charge is -2.15. The Morgan fingerprint density at radius 3 is 2.18 bits per heavy atom. The summed E-state index contributed by atoms with van der Waals surface area (Å²) in [7, 11) is 2.86. The summed E-state index contributed by atoms with van der Waals surface area (Å²) in [5, 5.41) is 8.79. The molecular weight excluding hydrogens is 224 g/mol. The van der Waals surface area contributed by atoms with Gasteiger partial charge in [-0.1, -0.05) is 0 Å². The van der Waals surface area contributed by atoms with Crippen molar-refractivity contribution >= 4 is 11.8 Å². The summed E-state index contributed by atoms with van der Waals surface area (Å²) < 4.78 is 10.2. The molecule has 0 amide bonds. The molecule has 0 bridgehead atoms. The van der Waals surface area contributed by atoms with Crippen LogP contribution in [-0.4, -0.2) is 31.1 Å². The Labute approximate surface area is 99.0 Å². The first-order chi connectivity index (χ1) is 7.93. The van der Waals surface area contributed by atoms with Crippen LogP contribution < -0.4 is 9.47 Å². The van der Waals surface area contributed by atoms with Crippen LogP contribution in [-0.2, 0) is 4.79 Å². The number of hydrogen-bond acceptors (Lipinski definition) is 4. The van der Waals surface area contributed by atoms with Gasteiger partial charge in [0, 0.05) is 5.56 Å². The highest BCUT2D eigenvalue weighted by atomic mass is 16.5. The third-order valence-electron chi connectivity index (χ3n) is 2.52. The van der Waals surface area contributed by atoms with Crippen LogP contribution in [0.4, 0.5) is 0 Å². The van der Waals surface area contributed by atoms with Crippen molar-refractivity contribution in [3.05, 3.63) is 22.8 Å². The fraction of sp³-hybridized carbons (Fsp3) is 0.333. The van der Waals surface area contributed by atoms with E-state index in [2.05, 4.69) is 0 Å². The molecule has 17 heavy (non-hydrogen) atoms. The summed E-state index contributed by atoms with van der Waals surface area (Å²) >= 11 is 0. The summed E-state index contributed by atoms with van der Waals surface area (Å²) in [6.45, 7) is 3.34. The van der Waals surface area contributed by atoms with Crippen molar-refractivity contribution in [2.24, 2.45) is 0 Å². The van der Waals surface area contributed by atoms with E-state index in [1.54, 1.807) is 19.9 Å². The minimum atomic E-state index is -1.51. The third kappa shape index (κ3) is 2.22. The van der Waals surface area contributed by atoms with Crippen LogP contribution in [0.1, 0.15) is 21.5 Å². The molecule has 0 fully saturated rings. The number of hydrogen-bond donors (Lipinski definition) is 1. The van der Waals surface area contributed by atoms with E-state index < -0.39 is 11.8 Å². The number of carboxylic acids is 1. The maximum atomic E-state index is 11.6. The second kappa shape index (κ2) is 4.86. The molecule has 0 aliphatic carbocycles. The predicted octanol–water partition coefficient (Wildman–Crippen LogP) is 1.59. The van der Waals surface area contributed by atoms with E-state index in [0.717, 1.165) is 0 Å². The van der Waals surface area contributed by atoms with Gasteiger partial charge in [0.25, 0.3) is 5.78 Å². The smallest absolute Gasteiger partial charge is 0.377 e. The highest BCUT2D eigenvalue weighted by Crippen LogP contribution is 2.33. The molecule has 1 aromatic carbocycles. The topological polar surface area (TPSA) is 72.8 Å². The maximum absolute atomic E-state index is 11.6. The van der Waals surface area contributed by atoms with Crippen LogP contribution >= 0.6 is 0 Å². The number of ether oxygens (including phenoxy) is 2. The van der Waals surface area contributed by atoms with Crippen molar-refractivity contribution < 1.29 is 24.2 Å². The molecule has 0 atom stereocenters. The summed E-state index contributed by atoms with van der Waals surface area (Å²) in [5.41, 5.74) is 1.15. The highest BCUT2D eigenvalue weighted by molar-refractivity contribution is 6.41. The summed E-state index contributed by atoms with van der Waals surface area (Å²) in [6.07, 6.45) is 0. The summed E-state index contributed by atoms with van der Waals surface area (Å²) in [4.78, 5) is 22.4. The van der Waals surface area contributed by atoms with Gasteiger partial charge in [-0.2, -0.15) is 0 Å². The predicted molar refractivity (Wildman–Crippen MR) is 61.0 cm³/mol. The van der Waals surface area contributed by atoms with Gasteiger partial charge < -0.3 is 14.6 Å². The van der Waals surface area contributed by atoms with E-state index in [4.69, 9.17) is 14.6 Å². The number of aryl methyl sites for hydroxylation is 1. The van der Waals surface area contributed by atoms with Gasteiger partial charge in [0.1, 0.15) is 11.5 Å². The monoisotopic (exact) mass is 238 g/mol. The van der Waals surface area contributed by atoms with Crippen LogP contribution in [0.3, 0.4) is 0 Å². The fourth-order valence-electron chi connectivity index (χ4n) is 1.72. The molecule has 92 valence electrons. The van der Waals surface area contributed by atoms with E-state index in [-0.39, 0.29) is 11.3 Å². The average Bonchev–Trinajstić information content (AvgIpc) is 2.29. The van der Waals surface area contributed by atoms with Crippen molar-refractivity contribution in [3.63, 3.8) is 0 Å². The lowest BCUT2D eigenvalue weighted by molar-refractivity contribution is -0.131. The molecular formula is C12H14O5. The summed E-state index contributed by atoms with van der Waals surface area (Å²) in [6, 6.07) is 1.70. The van der Waals surface area contributed by atoms with Gasteiger partial charge in [-0.25, -0.2) is 4.79 Å². The Balaban J connectivity index is 3.59. The Bertz CT molecular complexity index is 476. The first-order valence-electron chi connectivity index (χ1n) is 4.93. The number of methoxy groups -OCH3 is 2. The lowest BCUT2D eigenvalue weighted by Crippen LogP contribution is -2.16. The molecule has 0 saturated carbocycles. The Hall–Kier alpha value is -2.04. The van der Waals surface area contributed by atoms with Crippen LogP contribution in [0.5, 0.6) is 11.5 Å². The number of Topliss-reactive ketones (excluding diaryl/α,β-unsaturated/α-hetero) is 1. The SMILES string of the molecule is COc1cc(C)c(OC)c(C(=O)C(=O)O)c1C. The van der Waals surface area contributed by atoms with E-state index in [1.165, 1.54) is 14.2 Å². The van der Waals surface area contributed by atoms with Crippen LogP contribution in [0.2, 0.25) is 0 Å². The lowest BCUT2D eigenvalue weighted by atomic mass is 9.99. The van der Waals surface area contributed by atoms with Crippen molar-refractivity contribution in [1.29, 1.82) is 0 Å². The van der Waals surface area contributed by atoms with Crippen molar-refractivity contribution in [2.45, 2.75) is 13.8 Å². The van der Waals surface area contributed by atoms with Gasteiger partial charge in [0.15, 0.2) is 0 Å². The number of aliphatic carboxylic acids is 1. The highest BCUT2D eigenvalue weighted by Gasteiger charge is 2.25. The molecule has 0 unspecified atom stereocenters. The van der Waals surface area contributed by atoms with Crippen LogP contribution in [0.15, 0.2) is 6.07 Å². The zero-order valence-electron chi connectivity index (χ0n) is 10.2. The molecule has 5 heteroatoms. The fourth-order valence-corrected chi connectivity index (χ4v) is 1.72. The van der Waals surface area contributed by atoms with E-state index in [0.29, 0.717) is 16.9 Å². The van der Waals surface area contributed by atoms with Crippen molar-refractivity contribution in [2.75, 3.05) is 14.2 Å². The van der Waals surface area contributed by atoms with E-state index in [1.807, 2.05) is 0 Å². The first kappa shape index (κ1) is 13.0. The molecule has 1 rings (SSSR count). The summed E-state index contributed by atoms with van der Waals surface area (Å²) in [5.74, 6) is -1.77. The van der Waals surface area contributed by atoms with Gasteiger partial charge >= 0.3 is 5.97 Å². The standard InChI is InChI=1S/C12H14O5/c1-6-5-8(16-3)7(2)9(11(6)17-4)10(13)12(14)15/h5H,1-4H3,(H,14,15). The van der Waals surface area contributed by atoms with E-state index >= 15 is 0 Å². The number of carbonyl (C=O) groups excluding carboxylic acids is 1. The molecule has 0 aliphatic rings. The quantitative estimate of drug-likeness (QED) is 0.637. The van der Waals surface area contributed by atoms with Crippen molar-refractivity contribution in [3.8, 4) is 11.5 Å². The third-order valence-corrected chi connectivity index (χ3v) is 2.52. The Kier molecular flexibility index (Phi) is 3.73. The van der Waals surface area contributed by atoms with E-state index in [9.17, 15) is 9.59 Å². The molecule has 0 aliphatic heterocycles. The zero-order valence-corrected chi connectivity index (χ0v) is 10.2. The normalized spacial score (nSPS) is 9.88. The first-order valence-corrected chi connectivity index (χ1v) is 4.93. The number of ketones is 1. The number of rotatable bonds is 4. The van der Waals surface area contributed by atoms with Gasteiger partial charge in [-0.3, -0.25) is 4.79 Å². The molecule has 0 heterocycles. The molecule has 1 N–H and O–H groups in total. The molecule has 0 saturated heterocycles. The molecule has 5 nitrogen and oxygen atoms in total. The number of benzene rings is 1. The Morgan fingerprint density at radius 1 is 1.18 bits per heavy atom. The number of carbonyl (C=O) groups is 2. The number of carboxylic acid groups (broad SMARTS) is 1. The molecule has 0 spiro atoms.